The lowest BCUT2D eigenvalue weighted by molar-refractivity contribution is -0.117. The van der Waals surface area contributed by atoms with E-state index in [-0.39, 0.29) is 12.5 Å². The summed E-state index contributed by atoms with van der Waals surface area (Å²) in [5, 5.41) is 14.9. The van der Waals surface area contributed by atoms with Gasteiger partial charge in [0.2, 0.25) is 11.7 Å². The van der Waals surface area contributed by atoms with Crippen LogP contribution < -0.4 is 10.1 Å². The molecule has 3 aromatic rings. The van der Waals surface area contributed by atoms with Crippen molar-refractivity contribution in [1.29, 1.82) is 0 Å². The summed E-state index contributed by atoms with van der Waals surface area (Å²) in [5.41, 5.74) is 1.54. The third-order valence-corrected chi connectivity index (χ3v) is 3.22. The fourth-order valence-electron chi connectivity index (χ4n) is 2.14. The molecule has 1 heterocycles. The maximum absolute atomic E-state index is 12.0. The third-order valence-electron chi connectivity index (χ3n) is 3.22. The second-order valence-corrected chi connectivity index (χ2v) is 5.02. The molecule has 3 rings (SSSR count). The first-order valence-electron chi connectivity index (χ1n) is 7.60. The van der Waals surface area contributed by atoms with Crippen molar-refractivity contribution >= 4 is 11.6 Å². The van der Waals surface area contributed by atoms with E-state index in [2.05, 4.69) is 20.7 Å². The number of benzene rings is 2. The second kappa shape index (κ2) is 7.36. The maximum atomic E-state index is 12.0. The minimum atomic E-state index is -0.211. The van der Waals surface area contributed by atoms with Crippen molar-refractivity contribution in [2.75, 3.05) is 11.9 Å². The normalized spacial score (nSPS) is 10.4. The minimum absolute atomic E-state index is 0.00107. The molecule has 24 heavy (non-hydrogen) atoms. The molecule has 0 bridgehead atoms. The SMILES string of the molecule is CCOc1ccc(-c2nnn(CC(=O)Nc3ccccc3)n2)cc1. The number of aromatic nitrogens is 4. The van der Waals surface area contributed by atoms with Gasteiger partial charge in [0.15, 0.2) is 0 Å². The molecule has 0 aliphatic carbocycles. The smallest absolute Gasteiger partial charge is 0.248 e. The van der Waals surface area contributed by atoms with Crippen LogP contribution in [0.5, 0.6) is 5.75 Å². The maximum Gasteiger partial charge on any atom is 0.248 e. The van der Waals surface area contributed by atoms with Crippen molar-refractivity contribution in [2.24, 2.45) is 0 Å². The van der Waals surface area contributed by atoms with Gasteiger partial charge in [0.25, 0.3) is 0 Å². The van der Waals surface area contributed by atoms with E-state index in [0.29, 0.717) is 12.4 Å². The number of amides is 1. The number of ether oxygens (including phenoxy) is 1. The van der Waals surface area contributed by atoms with Gasteiger partial charge in [0.1, 0.15) is 12.3 Å². The first kappa shape index (κ1) is 15.7. The van der Waals surface area contributed by atoms with Crippen LogP contribution in [0.4, 0.5) is 5.69 Å². The van der Waals surface area contributed by atoms with E-state index < -0.39 is 0 Å². The van der Waals surface area contributed by atoms with Crippen LogP contribution in [0.25, 0.3) is 11.4 Å². The number of tetrazole rings is 1. The largest absolute Gasteiger partial charge is 0.494 e. The van der Waals surface area contributed by atoms with E-state index in [4.69, 9.17) is 4.74 Å². The average molecular weight is 323 g/mol. The summed E-state index contributed by atoms with van der Waals surface area (Å²) < 4.78 is 5.40. The van der Waals surface area contributed by atoms with Gasteiger partial charge >= 0.3 is 0 Å². The lowest BCUT2D eigenvalue weighted by Crippen LogP contribution is -2.20. The standard InChI is InChI=1S/C17H17N5O2/c1-2-24-15-10-8-13(9-11-15)17-19-21-22(20-17)12-16(23)18-14-6-4-3-5-7-14/h3-11H,2,12H2,1H3,(H,18,23). The molecular weight excluding hydrogens is 306 g/mol. The number of para-hydroxylation sites is 1. The van der Waals surface area contributed by atoms with Gasteiger partial charge < -0.3 is 10.1 Å². The number of rotatable bonds is 6. The number of carbonyl (C=O) groups excluding carboxylic acids is 1. The number of hydrogen-bond acceptors (Lipinski definition) is 5. The van der Waals surface area contributed by atoms with Gasteiger partial charge in [-0.05, 0) is 48.5 Å². The Labute approximate surface area is 139 Å². The second-order valence-electron chi connectivity index (χ2n) is 5.02. The Bertz CT molecular complexity index is 799. The Morgan fingerprint density at radius 3 is 2.58 bits per heavy atom. The fraction of sp³-hybridized carbons (Fsp3) is 0.176. The minimum Gasteiger partial charge on any atom is -0.494 e. The van der Waals surface area contributed by atoms with Crippen molar-refractivity contribution in [3.63, 3.8) is 0 Å². The summed E-state index contributed by atoms with van der Waals surface area (Å²) in [4.78, 5) is 13.3. The highest BCUT2D eigenvalue weighted by Gasteiger charge is 2.09. The number of hydrogen-bond donors (Lipinski definition) is 1. The first-order chi connectivity index (χ1) is 11.7. The van der Waals surface area contributed by atoms with Gasteiger partial charge in [-0.2, -0.15) is 4.80 Å². The highest BCUT2D eigenvalue weighted by molar-refractivity contribution is 5.90. The molecule has 0 fully saturated rings. The van der Waals surface area contributed by atoms with Crippen LogP contribution in [0, 0.1) is 0 Å². The van der Waals surface area contributed by atoms with Gasteiger partial charge in [-0.3, -0.25) is 4.79 Å². The van der Waals surface area contributed by atoms with Crippen molar-refractivity contribution < 1.29 is 9.53 Å². The van der Waals surface area contributed by atoms with Crippen LogP contribution in [0.1, 0.15) is 6.92 Å². The highest BCUT2D eigenvalue weighted by Crippen LogP contribution is 2.18. The van der Waals surface area contributed by atoms with Gasteiger partial charge in [0.05, 0.1) is 6.61 Å². The Morgan fingerprint density at radius 1 is 1.12 bits per heavy atom. The molecule has 0 spiro atoms. The van der Waals surface area contributed by atoms with Crippen LogP contribution in [0.3, 0.4) is 0 Å². The predicted octanol–water partition coefficient (Wildman–Crippen LogP) is 2.38. The monoisotopic (exact) mass is 323 g/mol. The molecule has 7 heteroatoms. The van der Waals surface area contributed by atoms with E-state index >= 15 is 0 Å². The lowest BCUT2D eigenvalue weighted by Gasteiger charge is -2.03. The van der Waals surface area contributed by atoms with Crippen LogP contribution in [-0.2, 0) is 11.3 Å². The molecule has 0 aliphatic rings. The Kier molecular flexibility index (Phi) is 4.81. The molecule has 0 radical (unpaired) electrons. The average Bonchev–Trinajstić information content (AvgIpc) is 3.05. The fourth-order valence-corrected chi connectivity index (χ4v) is 2.14. The molecule has 0 saturated heterocycles. The first-order valence-corrected chi connectivity index (χ1v) is 7.60. The molecule has 2 aromatic carbocycles. The van der Waals surface area contributed by atoms with Crippen molar-refractivity contribution in [3.05, 3.63) is 54.6 Å². The van der Waals surface area contributed by atoms with Crippen LogP contribution >= 0.6 is 0 Å². The highest BCUT2D eigenvalue weighted by atomic mass is 16.5. The number of carbonyl (C=O) groups is 1. The quantitative estimate of drug-likeness (QED) is 0.753. The molecule has 1 amide bonds. The third kappa shape index (κ3) is 3.95. The topological polar surface area (TPSA) is 81.9 Å². The molecule has 0 aliphatic heterocycles. The number of nitrogens with zero attached hydrogens (tertiary/aromatic N) is 4. The summed E-state index contributed by atoms with van der Waals surface area (Å²) in [5.74, 6) is 1.04. The van der Waals surface area contributed by atoms with Crippen LogP contribution in [0.2, 0.25) is 0 Å². The van der Waals surface area contributed by atoms with Crippen molar-refractivity contribution in [3.8, 4) is 17.1 Å². The Hall–Kier alpha value is -3.22. The predicted molar refractivity (Wildman–Crippen MR) is 89.5 cm³/mol. The lowest BCUT2D eigenvalue weighted by atomic mass is 10.2. The zero-order valence-electron chi connectivity index (χ0n) is 13.2. The van der Waals surface area contributed by atoms with Gasteiger partial charge in [-0.15, -0.1) is 10.2 Å². The van der Waals surface area contributed by atoms with Crippen LogP contribution in [0.15, 0.2) is 54.6 Å². The molecule has 1 N–H and O–H groups in total. The summed E-state index contributed by atoms with van der Waals surface area (Å²) >= 11 is 0. The van der Waals surface area contributed by atoms with E-state index in [9.17, 15) is 4.79 Å². The number of nitrogens with one attached hydrogen (secondary N) is 1. The molecule has 7 nitrogen and oxygen atoms in total. The molecular formula is C17H17N5O2. The van der Waals surface area contributed by atoms with Gasteiger partial charge in [-0.1, -0.05) is 18.2 Å². The van der Waals surface area contributed by atoms with Crippen molar-refractivity contribution in [1.82, 2.24) is 20.2 Å². The summed E-state index contributed by atoms with van der Waals surface area (Å²) in [7, 11) is 0. The van der Waals surface area contributed by atoms with Gasteiger partial charge in [-0.25, -0.2) is 0 Å². The van der Waals surface area contributed by atoms with Crippen LogP contribution in [-0.4, -0.2) is 32.7 Å². The molecule has 0 unspecified atom stereocenters. The summed E-state index contributed by atoms with van der Waals surface area (Å²) in [6.45, 7) is 2.55. The zero-order valence-corrected chi connectivity index (χ0v) is 13.2. The molecule has 1 aromatic heterocycles. The summed E-state index contributed by atoms with van der Waals surface area (Å²) in [6.07, 6.45) is 0. The Morgan fingerprint density at radius 2 is 1.88 bits per heavy atom. The van der Waals surface area contributed by atoms with E-state index in [0.717, 1.165) is 17.0 Å². The molecule has 122 valence electrons. The van der Waals surface area contributed by atoms with E-state index in [1.165, 1.54) is 4.80 Å². The van der Waals surface area contributed by atoms with Gasteiger partial charge in [0, 0.05) is 11.3 Å². The molecule has 0 saturated carbocycles. The summed E-state index contributed by atoms with van der Waals surface area (Å²) in [6, 6.07) is 16.6. The van der Waals surface area contributed by atoms with E-state index in [1.54, 1.807) is 0 Å². The van der Waals surface area contributed by atoms with Crippen molar-refractivity contribution in [2.45, 2.75) is 13.5 Å². The zero-order chi connectivity index (χ0) is 16.8. The Balaban J connectivity index is 1.63. The number of anilines is 1. The molecule has 0 atom stereocenters. The van der Waals surface area contributed by atoms with E-state index in [1.807, 2.05) is 61.5 Å².